The highest BCUT2D eigenvalue weighted by Gasteiger charge is 2.39. The normalized spacial score (nSPS) is 13.9. The van der Waals surface area contributed by atoms with Crippen LogP contribution in [0.1, 0.15) is 43.0 Å². The van der Waals surface area contributed by atoms with Gasteiger partial charge in [-0.3, -0.25) is 9.59 Å². The van der Waals surface area contributed by atoms with E-state index in [0.29, 0.717) is 44.8 Å². The van der Waals surface area contributed by atoms with Crippen molar-refractivity contribution < 1.29 is 46.2 Å². The summed E-state index contributed by atoms with van der Waals surface area (Å²) in [7, 11) is 0. The molecule has 4 aromatic heterocycles. The highest BCUT2D eigenvalue weighted by atomic mass is 32.1. The zero-order chi connectivity index (χ0) is 49.1. The number of halogens is 4. The predicted octanol–water partition coefficient (Wildman–Crippen LogP) is 11.3. The van der Waals surface area contributed by atoms with Crippen LogP contribution in [-0.2, 0) is 22.7 Å². The fourth-order valence-electron chi connectivity index (χ4n) is 8.14. The summed E-state index contributed by atoms with van der Waals surface area (Å²) in [6, 6.07) is 29.3. The van der Waals surface area contributed by atoms with Crippen molar-refractivity contribution >= 4 is 110 Å². The molecule has 0 unspecified atom stereocenters. The Kier molecular flexibility index (Phi) is 10.9. The maximum Gasteiger partial charge on any atom is 0.420 e. The molecule has 0 saturated carbocycles. The number of ketones is 2. The number of aliphatic imine (C=N–C) groups is 2. The van der Waals surface area contributed by atoms with E-state index in [-0.39, 0.29) is 67.5 Å². The van der Waals surface area contributed by atoms with Crippen LogP contribution in [0.4, 0.5) is 38.0 Å². The molecule has 0 fully saturated rings. The highest BCUT2D eigenvalue weighted by molar-refractivity contribution is 7.32. The van der Waals surface area contributed by atoms with Crippen LogP contribution >= 0.6 is 22.7 Å². The van der Waals surface area contributed by atoms with Crippen LogP contribution in [0.5, 0.6) is 0 Å². The lowest BCUT2D eigenvalue weighted by atomic mass is 10.0. The van der Waals surface area contributed by atoms with Crippen LogP contribution in [0.3, 0.4) is 0 Å². The number of hydrogen-bond donors (Lipinski definition) is 0. The van der Waals surface area contributed by atoms with E-state index in [4.69, 9.17) is 9.47 Å². The lowest BCUT2D eigenvalue weighted by Crippen LogP contribution is -2.16. The largest absolute Gasteiger partial charge is 0.444 e. The van der Waals surface area contributed by atoms with E-state index in [2.05, 4.69) is 9.98 Å². The summed E-state index contributed by atoms with van der Waals surface area (Å²) in [5.41, 5.74) is -2.97. The number of thiophene rings is 2. The monoisotopic (exact) mass is 968 g/mol. The van der Waals surface area contributed by atoms with Crippen molar-refractivity contribution in [2.45, 2.75) is 13.2 Å². The first kappa shape index (κ1) is 44.2. The molecule has 4 heterocycles. The molecular weight excluding hydrogens is 949 g/mol. The van der Waals surface area contributed by atoms with Gasteiger partial charge in [0.1, 0.15) is 70.9 Å². The molecule has 0 aliphatic heterocycles. The van der Waals surface area contributed by atoms with Gasteiger partial charge in [-0.15, -0.1) is 22.7 Å². The van der Waals surface area contributed by atoms with E-state index in [1.165, 1.54) is 12.1 Å². The van der Waals surface area contributed by atoms with Gasteiger partial charge in [-0.05, 0) is 41.5 Å². The van der Waals surface area contributed by atoms with Gasteiger partial charge in [0.05, 0.1) is 30.6 Å². The Bertz CT molecular complexity index is 3990. The number of fused-ring (bicyclic) bond motifs is 7. The van der Waals surface area contributed by atoms with Crippen LogP contribution in [-0.4, -0.2) is 44.3 Å². The van der Waals surface area contributed by atoms with Gasteiger partial charge >= 0.3 is 12.2 Å². The lowest BCUT2D eigenvalue weighted by Gasteiger charge is -2.11. The Morgan fingerprint density at radius 1 is 0.557 bits per heavy atom. The minimum Gasteiger partial charge on any atom is -0.444 e. The average molecular weight is 969 g/mol. The van der Waals surface area contributed by atoms with Gasteiger partial charge in [-0.1, -0.05) is 60.7 Å². The zero-order valence-electron chi connectivity index (χ0n) is 35.0. The summed E-state index contributed by atoms with van der Waals surface area (Å²) < 4.78 is 72.9. The molecule has 0 atom stereocenters. The Labute approximate surface area is 397 Å². The molecule has 0 bridgehead atoms. The molecule has 336 valence electrons. The van der Waals surface area contributed by atoms with E-state index >= 15 is 0 Å². The summed E-state index contributed by atoms with van der Waals surface area (Å²) in [5, 5.41) is 39.6. The fourth-order valence-corrected chi connectivity index (χ4v) is 10.5. The Morgan fingerprint density at radius 2 is 1.01 bits per heavy atom. The molecule has 2 aliphatic carbocycles. The Hall–Kier alpha value is -9.60. The third kappa shape index (κ3) is 7.12. The number of allylic oxidation sites excluding steroid dienone is 4. The number of Topliss-reactive ketones (excluding diaryl/α,β-unsaturated/α-hetero) is 2. The zero-order valence-corrected chi connectivity index (χ0v) is 36.6. The second-order valence-corrected chi connectivity index (χ2v) is 17.3. The van der Waals surface area contributed by atoms with Gasteiger partial charge in [0, 0.05) is 39.5 Å². The molecule has 0 saturated heterocycles. The minimum atomic E-state index is -1.38. The van der Waals surface area contributed by atoms with Crippen molar-refractivity contribution in [3.05, 3.63) is 165 Å². The van der Waals surface area contributed by atoms with E-state index in [1.807, 2.05) is 0 Å². The molecule has 70 heavy (non-hydrogen) atoms. The molecule has 8 aromatic rings. The summed E-state index contributed by atoms with van der Waals surface area (Å²) in [6.45, 7) is -0.509. The smallest absolute Gasteiger partial charge is 0.420 e. The van der Waals surface area contributed by atoms with Crippen molar-refractivity contribution in [3.63, 3.8) is 0 Å². The number of nitriles is 4. The van der Waals surface area contributed by atoms with Crippen LogP contribution in [0.15, 0.2) is 118 Å². The van der Waals surface area contributed by atoms with Crippen LogP contribution in [0.2, 0.25) is 0 Å². The van der Waals surface area contributed by atoms with Crippen molar-refractivity contribution in [1.29, 1.82) is 21.0 Å². The number of carbonyl (C=O) groups excluding carboxylic acids is 4. The molecule has 0 radical (unpaired) electrons. The second kappa shape index (κ2) is 17.2. The molecular formula is C50H20F4N8O6S2. The minimum absolute atomic E-state index is 0.0000743. The van der Waals surface area contributed by atoms with Crippen molar-refractivity contribution in [3.8, 4) is 24.3 Å². The van der Waals surface area contributed by atoms with E-state index < -0.39 is 80.7 Å². The standard InChI is InChI=1S/C50H20F4N8O6S2/c51-31-11-27-29(13-33(31)53)45(63)41(39(27)25(17-55)18-56)59-37-16-36-43(62(37)50(66)68-22-24-9-5-2-6-10-24)44-48(69-36)47-35(61(44)49(65)67-21-23-7-3-1-4-8-23)15-38(70-47)60-42-40(26(19-57)20-58)28-12-32(52)34(54)14-30(28)46(42)64/h1-16H,21-22H2. The first-order chi connectivity index (χ1) is 33.8. The van der Waals surface area contributed by atoms with Gasteiger partial charge in [0.25, 0.3) is 0 Å². The molecule has 0 amide bonds. The molecule has 0 N–H and O–H groups in total. The number of rotatable bonds is 6. The van der Waals surface area contributed by atoms with Gasteiger partial charge in [0.2, 0.25) is 11.6 Å². The number of aromatic nitrogens is 2. The first-order valence-electron chi connectivity index (χ1n) is 20.2. The molecule has 4 aromatic carbocycles. The first-order valence-corrected chi connectivity index (χ1v) is 21.9. The summed E-state index contributed by atoms with van der Waals surface area (Å²) in [4.78, 5) is 65.9. The van der Waals surface area contributed by atoms with Gasteiger partial charge in [-0.25, -0.2) is 46.3 Å². The topological polar surface area (TPSA) is 216 Å². The predicted molar refractivity (Wildman–Crippen MR) is 247 cm³/mol. The maximum absolute atomic E-state index is 14.7. The van der Waals surface area contributed by atoms with Crippen LogP contribution in [0, 0.1) is 68.6 Å². The van der Waals surface area contributed by atoms with Gasteiger partial charge in [0.15, 0.2) is 23.3 Å². The number of hydrogen-bond acceptors (Lipinski definition) is 14. The van der Waals surface area contributed by atoms with Gasteiger partial charge in [-0.2, -0.15) is 21.0 Å². The van der Waals surface area contributed by atoms with Gasteiger partial charge < -0.3 is 9.47 Å². The van der Waals surface area contributed by atoms with E-state index in [9.17, 15) is 57.8 Å². The molecule has 2 aliphatic rings. The average Bonchev–Trinajstić information content (AvgIpc) is 4.18. The number of nitrogens with zero attached hydrogens (tertiary/aromatic N) is 8. The SMILES string of the molecule is N#CC(C#N)=C1C(=Nc2cc3c(s2)c2sc4cc(N=C5C(=O)c6cc(F)c(F)cc6C5=C(C#N)C#N)n(C(=O)OCc5ccccc5)c4c2n3C(=O)OCc2ccccc2)C(=O)c2cc(F)c(F)cc21. The summed E-state index contributed by atoms with van der Waals surface area (Å²) in [5.74, 6) is -7.66. The fraction of sp³-hybridized carbons (Fsp3) is 0.0400. The number of ether oxygens (including phenoxy) is 2. The number of carbonyl (C=O) groups is 4. The third-order valence-corrected chi connectivity index (χ3v) is 13.5. The van der Waals surface area contributed by atoms with Crippen LogP contribution in [0.25, 0.3) is 41.8 Å². The summed E-state index contributed by atoms with van der Waals surface area (Å²) >= 11 is 1.96. The molecule has 10 rings (SSSR count). The third-order valence-electron chi connectivity index (χ3n) is 11.2. The lowest BCUT2D eigenvalue weighted by molar-refractivity contribution is 0.106. The van der Waals surface area contributed by atoms with Crippen LogP contribution < -0.4 is 0 Å². The van der Waals surface area contributed by atoms with Crippen molar-refractivity contribution in [2.24, 2.45) is 9.98 Å². The maximum atomic E-state index is 14.7. The summed E-state index contributed by atoms with van der Waals surface area (Å²) in [6.07, 6.45) is -2.06. The van der Waals surface area contributed by atoms with E-state index in [0.717, 1.165) is 31.8 Å². The Balaban J connectivity index is 1.21. The molecule has 14 nitrogen and oxygen atoms in total. The van der Waals surface area contributed by atoms with Crippen molar-refractivity contribution in [2.75, 3.05) is 0 Å². The van der Waals surface area contributed by atoms with Crippen molar-refractivity contribution in [1.82, 2.24) is 9.13 Å². The van der Waals surface area contributed by atoms with E-state index in [1.54, 1.807) is 84.9 Å². The quantitative estimate of drug-likeness (QED) is 0.113. The highest BCUT2D eigenvalue weighted by Crippen LogP contribution is 2.49. The Morgan fingerprint density at radius 3 is 1.50 bits per heavy atom. The number of benzene rings is 4. The second-order valence-electron chi connectivity index (χ2n) is 15.2. The molecule has 20 heteroatoms. The molecule has 0 spiro atoms.